The minimum absolute atomic E-state index is 0.00771. The van der Waals surface area contributed by atoms with Gasteiger partial charge in [0.2, 0.25) is 0 Å². The van der Waals surface area contributed by atoms with Crippen LogP contribution in [-0.4, -0.2) is 40.8 Å². The number of aryl methyl sites for hydroxylation is 2. The number of fused-ring (bicyclic) bond motifs is 1. The standard InChI is InChI=1S/C23H23F4N5O4/c1-12(14-8-15(23(25,26)27)10-16(9-14)32(34)35)28-21-17-11-18(31-4-6-36-7-5-31)22(33)30(3)20(17)19(24)13(2)29-21/h8-12H,4-7H2,1-3H3,(H,28,29)/t12-/m1/s1. The lowest BCUT2D eigenvalue weighted by Crippen LogP contribution is -2.40. The molecule has 0 amide bonds. The molecule has 1 aliphatic heterocycles. The van der Waals surface area contributed by atoms with Gasteiger partial charge >= 0.3 is 6.18 Å². The van der Waals surface area contributed by atoms with Gasteiger partial charge in [-0.1, -0.05) is 0 Å². The maximum absolute atomic E-state index is 15.1. The normalized spacial score (nSPS) is 15.2. The van der Waals surface area contributed by atoms with E-state index >= 15 is 4.39 Å². The Balaban J connectivity index is 1.84. The number of hydrogen-bond donors (Lipinski definition) is 1. The van der Waals surface area contributed by atoms with Crippen LogP contribution in [0.5, 0.6) is 0 Å². The third-order valence-electron chi connectivity index (χ3n) is 6.14. The van der Waals surface area contributed by atoms with E-state index in [1.54, 1.807) is 0 Å². The number of anilines is 2. The van der Waals surface area contributed by atoms with E-state index in [2.05, 4.69) is 10.3 Å². The van der Waals surface area contributed by atoms with Gasteiger partial charge in [0.1, 0.15) is 11.5 Å². The number of aromatic nitrogens is 2. The maximum Gasteiger partial charge on any atom is 0.416 e. The van der Waals surface area contributed by atoms with Crippen LogP contribution >= 0.6 is 0 Å². The summed E-state index contributed by atoms with van der Waals surface area (Å²) < 4.78 is 61.7. The number of alkyl halides is 3. The monoisotopic (exact) mass is 509 g/mol. The Hall–Kier alpha value is -3.74. The molecule has 0 unspecified atom stereocenters. The van der Waals surface area contributed by atoms with E-state index in [-0.39, 0.29) is 28.0 Å². The molecule has 192 valence electrons. The molecule has 36 heavy (non-hydrogen) atoms. The second kappa shape index (κ2) is 9.37. The highest BCUT2D eigenvalue weighted by Crippen LogP contribution is 2.36. The van der Waals surface area contributed by atoms with Crippen molar-refractivity contribution in [3.05, 3.63) is 67.4 Å². The van der Waals surface area contributed by atoms with Crippen molar-refractivity contribution in [3.8, 4) is 0 Å². The van der Waals surface area contributed by atoms with Crippen molar-refractivity contribution in [2.24, 2.45) is 7.05 Å². The number of rotatable bonds is 5. The molecule has 9 nitrogen and oxygen atoms in total. The molecule has 0 radical (unpaired) electrons. The van der Waals surface area contributed by atoms with Crippen molar-refractivity contribution in [3.63, 3.8) is 0 Å². The molecule has 13 heteroatoms. The summed E-state index contributed by atoms with van der Waals surface area (Å²) in [4.78, 5) is 29.4. The zero-order valence-electron chi connectivity index (χ0n) is 19.6. The fraction of sp³-hybridized carbons (Fsp3) is 0.391. The lowest BCUT2D eigenvalue weighted by molar-refractivity contribution is -0.385. The van der Waals surface area contributed by atoms with Gasteiger partial charge in [0.25, 0.3) is 11.2 Å². The number of nitro groups is 1. The minimum atomic E-state index is -4.79. The number of benzene rings is 1. The first-order chi connectivity index (χ1) is 16.9. The molecule has 3 aromatic rings. The second-order valence-corrected chi connectivity index (χ2v) is 8.55. The molecule has 1 aliphatic rings. The molecule has 0 spiro atoms. The summed E-state index contributed by atoms with van der Waals surface area (Å²) in [6, 6.07) is 2.95. The van der Waals surface area contributed by atoms with Crippen LogP contribution in [0.25, 0.3) is 10.9 Å². The summed E-state index contributed by atoms with van der Waals surface area (Å²) >= 11 is 0. The molecule has 1 aromatic carbocycles. The Kier molecular flexibility index (Phi) is 6.60. The van der Waals surface area contributed by atoms with Crippen LogP contribution in [0.4, 0.5) is 34.8 Å². The van der Waals surface area contributed by atoms with Gasteiger partial charge in [-0.05, 0) is 31.5 Å². The number of ether oxygens (including phenoxy) is 1. The smallest absolute Gasteiger partial charge is 0.378 e. The van der Waals surface area contributed by atoms with Gasteiger partial charge < -0.3 is 19.5 Å². The van der Waals surface area contributed by atoms with Gasteiger partial charge in [-0.3, -0.25) is 14.9 Å². The molecule has 0 bridgehead atoms. The van der Waals surface area contributed by atoms with E-state index in [0.717, 1.165) is 12.1 Å². The number of nitro benzene ring substituents is 1. The Bertz CT molecular complexity index is 1400. The maximum atomic E-state index is 15.1. The first kappa shape index (κ1) is 25.4. The highest BCUT2D eigenvalue weighted by atomic mass is 19.4. The molecule has 2 aromatic heterocycles. The fourth-order valence-corrected chi connectivity index (χ4v) is 4.20. The molecule has 0 aliphatic carbocycles. The Morgan fingerprint density at radius 1 is 1.19 bits per heavy atom. The van der Waals surface area contributed by atoms with Gasteiger partial charge in [0.15, 0.2) is 5.82 Å². The molecule has 1 saturated heterocycles. The van der Waals surface area contributed by atoms with Crippen LogP contribution in [0.1, 0.15) is 29.8 Å². The van der Waals surface area contributed by atoms with Crippen molar-refractivity contribution < 1.29 is 27.2 Å². The summed E-state index contributed by atoms with van der Waals surface area (Å²) in [5.74, 6) is -0.576. The van der Waals surface area contributed by atoms with Crippen LogP contribution in [0.15, 0.2) is 29.1 Å². The highest BCUT2D eigenvalue weighted by molar-refractivity contribution is 5.92. The van der Waals surface area contributed by atoms with E-state index in [4.69, 9.17) is 4.74 Å². The average molecular weight is 509 g/mol. The fourth-order valence-electron chi connectivity index (χ4n) is 4.20. The predicted octanol–water partition coefficient (Wildman–Crippen LogP) is 4.32. The van der Waals surface area contributed by atoms with Crippen LogP contribution in [0.3, 0.4) is 0 Å². The van der Waals surface area contributed by atoms with Gasteiger partial charge in [0.05, 0.1) is 41.0 Å². The summed E-state index contributed by atoms with van der Waals surface area (Å²) in [6.07, 6.45) is -4.79. The van der Waals surface area contributed by atoms with Crippen molar-refractivity contribution in [2.45, 2.75) is 26.1 Å². The SMILES string of the molecule is Cc1nc(N[C@H](C)c2cc([N+](=O)[O-])cc(C(F)(F)F)c2)c2cc(N3CCOCC3)c(=O)n(C)c2c1F. The number of morpholine rings is 1. The van der Waals surface area contributed by atoms with E-state index in [0.29, 0.717) is 38.1 Å². The topological polar surface area (TPSA) is 103 Å². The lowest BCUT2D eigenvalue weighted by atomic mass is 10.0. The molecule has 4 rings (SSSR count). The predicted molar refractivity (Wildman–Crippen MR) is 125 cm³/mol. The van der Waals surface area contributed by atoms with E-state index in [9.17, 15) is 28.1 Å². The van der Waals surface area contributed by atoms with Crippen LogP contribution in [0, 0.1) is 22.9 Å². The molecule has 1 atom stereocenters. The third kappa shape index (κ3) is 4.70. The van der Waals surface area contributed by atoms with Crippen LogP contribution in [-0.2, 0) is 18.0 Å². The van der Waals surface area contributed by atoms with Gasteiger partial charge in [-0.25, -0.2) is 9.37 Å². The zero-order chi connectivity index (χ0) is 26.4. The Morgan fingerprint density at radius 3 is 2.47 bits per heavy atom. The quantitative estimate of drug-likeness (QED) is 0.311. The number of nitrogens with one attached hydrogen (secondary N) is 1. The van der Waals surface area contributed by atoms with E-state index in [1.165, 1.54) is 31.5 Å². The molecule has 0 saturated carbocycles. The van der Waals surface area contributed by atoms with Crippen LogP contribution < -0.4 is 15.8 Å². The summed E-state index contributed by atoms with van der Waals surface area (Å²) in [7, 11) is 1.43. The number of halogens is 4. The molecular weight excluding hydrogens is 486 g/mol. The average Bonchev–Trinajstić information content (AvgIpc) is 2.83. The lowest BCUT2D eigenvalue weighted by Gasteiger charge is -2.29. The zero-order valence-corrected chi connectivity index (χ0v) is 19.6. The van der Waals surface area contributed by atoms with Crippen molar-refractivity contribution in [1.29, 1.82) is 0 Å². The molecule has 3 heterocycles. The first-order valence-electron chi connectivity index (χ1n) is 11.0. The first-order valence-corrected chi connectivity index (χ1v) is 11.0. The number of nitrogens with zero attached hydrogens (tertiary/aromatic N) is 4. The highest BCUT2D eigenvalue weighted by Gasteiger charge is 2.33. The van der Waals surface area contributed by atoms with Crippen molar-refractivity contribution in [1.82, 2.24) is 9.55 Å². The van der Waals surface area contributed by atoms with Crippen molar-refractivity contribution >= 4 is 28.1 Å². The van der Waals surface area contributed by atoms with Crippen molar-refractivity contribution in [2.75, 3.05) is 36.5 Å². The summed E-state index contributed by atoms with van der Waals surface area (Å²) in [5, 5.41) is 14.5. The van der Waals surface area contributed by atoms with Crippen LogP contribution in [0.2, 0.25) is 0 Å². The van der Waals surface area contributed by atoms with Gasteiger partial charge in [-0.2, -0.15) is 13.2 Å². The number of pyridine rings is 2. The second-order valence-electron chi connectivity index (χ2n) is 8.55. The van der Waals surface area contributed by atoms with Gasteiger partial charge in [-0.15, -0.1) is 0 Å². The largest absolute Gasteiger partial charge is 0.416 e. The third-order valence-corrected chi connectivity index (χ3v) is 6.14. The van der Waals surface area contributed by atoms with Gasteiger partial charge in [0, 0.05) is 37.7 Å². The summed E-state index contributed by atoms with van der Waals surface area (Å²) in [6.45, 7) is 4.65. The molecule has 1 fully saturated rings. The van der Waals surface area contributed by atoms with E-state index < -0.39 is 39.8 Å². The molecule has 1 N–H and O–H groups in total. The van der Waals surface area contributed by atoms with E-state index in [1.807, 2.05) is 4.90 Å². The summed E-state index contributed by atoms with van der Waals surface area (Å²) in [5.41, 5.74) is -2.03. The minimum Gasteiger partial charge on any atom is -0.378 e. The number of hydrogen-bond acceptors (Lipinski definition) is 7. The Morgan fingerprint density at radius 2 is 1.86 bits per heavy atom. The molecular formula is C23H23F4N5O4. The number of non-ortho nitro benzene ring substituents is 1. The Labute approximate surface area is 202 Å².